The van der Waals surface area contributed by atoms with Gasteiger partial charge in [-0.25, -0.2) is 14.8 Å². The van der Waals surface area contributed by atoms with Gasteiger partial charge in [0.2, 0.25) is 17.7 Å². The summed E-state index contributed by atoms with van der Waals surface area (Å²) in [5, 5.41) is 10.9. The molecule has 0 unspecified atom stereocenters. The highest BCUT2D eigenvalue weighted by Crippen LogP contribution is 2.27. The number of aromatic nitrogens is 2. The smallest absolute Gasteiger partial charge is 0.319 e. The molecule has 2 atom stereocenters. The molecule has 2 aromatic heterocycles. The van der Waals surface area contributed by atoms with Gasteiger partial charge < -0.3 is 35.1 Å². The second kappa shape index (κ2) is 15.4. The topological polar surface area (TPSA) is 170 Å². The summed E-state index contributed by atoms with van der Waals surface area (Å²) in [6.45, 7) is 4.65. The SMILES string of the molecule is CC(C)[C@@H]1NC(=O)CN(C(=O)C2CCN(C(=O)N(C)C)CC2)CCNC(=O)c2coc(n2)[C@H](Cc2ccccc2)NC(=O)c2csc1n2. The third-order valence-electron chi connectivity index (χ3n) is 8.46. The number of likely N-dealkylation sites (tertiary alicyclic amines) is 1. The van der Waals surface area contributed by atoms with Crippen molar-refractivity contribution in [3.05, 3.63) is 69.8 Å². The van der Waals surface area contributed by atoms with Crippen LogP contribution in [0, 0.1) is 11.8 Å². The molecule has 4 bridgehead atoms. The Morgan fingerprint density at radius 2 is 1.71 bits per heavy atom. The number of nitrogens with zero attached hydrogens (tertiary/aromatic N) is 5. The van der Waals surface area contributed by atoms with E-state index in [9.17, 15) is 24.0 Å². The Kier molecular flexibility index (Phi) is 11.1. The molecular formula is C33H42N8O6S. The van der Waals surface area contributed by atoms with E-state index >= 15 is 0 Å². The van der Waals surface area contributed by atoms with Crippen LogP contribution in [0.3, 0.4) is 0 Å². The number of hydrogen-bond acceptors (Lipinski definition) is 9. The second-order valence-corrected chi connectivity index (χ2v) is 13.5. The zero-order chi connectivity index (χ0) is 34.4. The summed E-state index contributed by atoms with van der Waals surface area (Å²) < 4.78 is 5.71. The van der Waals surface area contributed by atoms with Crippen molar-refractivity contribution in [3.8, 4) is 0 Å². The van der Waals surface area contributed by atoms with Crippen LogP contribution in [0.25, 0.3) is 0 Å². The van der Waals surface area contributed by atoms with Gasteiger partial charge in [0.25, 0.3) is 11.8 Å². The Labute approximate surface area is 283 Å². The lowest BCUT2D eigenvalue weighted by Gasteiger charge is -2.35. The van der Waals surface area contributed by atoms with E-state index in [4.69, 9.17) is 4.42 Å². The molecule has 256 valence electrons. The highest BCUT2D eigenvalue weighted by molar-refractivity contribution is 7.09. The lowest BCUT2D eigenvalue weighted by molar-refractivity contribution is -0.140. The van der Waals surface area contributed by atoms with Gasteiger partial charge in [0.15, 0.2) is 5.69 Å². The van der Waals surface area contributed by atoms with Gasteiger partial charge in [0.1, 0.15) is 23.0 Å². The van der Waals surface area contributed by atoms with E-state index in [0.29, 0.717) is 37.4 Å². The number of carbonyl (C=O) groups is 5. The molecule has 3 aromatic rings. The van der Waals surface area contributed by atoms with Crippen molar-refractivity contribution in [3.63, 3.8) is 0 Å². The molecule has 4 heterocycles. The molecule has 0 spiro atoms. The first-order chi connectivity index (χ1) is 23.0. The molecule has 2 aliphatic rings. The van der Waals surface area contributed by atoms with Crippen LogP contribution in [-0.2, 0) is 16.0 Å². The number of amides is 6. The van der Waals surface area contributed by atoms with Crippen LogP contribution in [-0.4, -0.2) is 101 Å². The van der Waals surface area contributed by atoms with Crippen LogP contribution in [0.1, 0.15) is 76.2 Å². The first-order valence-corrected chi connectivity index (χ1v) is 17.0. The number of urea groups is 1. The fraction of sp³-hybridized carbons (Fsp3) is 0.485. The molecule has 0 radical (unpaired) electrons. The first kappa shape index (κ1) is 34.5. The number of benzene rings is 1. The van der Waals surface area contributed by atoms with Gasteiger partial charge in [0, 0.05) is 58.0 Å². The number of rotatable bonds is 4. The van der Waals surface area contributed by atoms with E-state index in [1.54, 1.807) is 24.4 Å². The Morgan fingerprint density at radius 1 is 0.979 bits per heavy atom. The molecule has 14 nitrogen and oxygen atoms in total. The van der Waals surface area contributed by atoms with Crippen LogP contribution >= 0.6 is 11.3 Å². The lowest BCUT2D eigenvalue weighted by Crippen LogP contribution is -2.50. The number of thiazole rings is 1. The van der Waals surface area contributed by atoms with E-state index in [2.05, 4.69) is 25.9 Å². The molecule has 15 heteroatoms. The maximum absolute atomic E-state index is 13.8. The average Bonchev–Trinajstić information content (AvgIpc) is 3.77. The molecule has 5 rings (SSSR count). The molecule has 1 aromatic carbocycles. The minimum Gasteiger partial charge on any atom is -0.446 e. The van der Waals surface area contributed by atoms with Crippen molar-refractivity contribution in [1.82, 2.24) is 40.6 Å². The Morgan fingerprint density at radius 3 is 2.40 bits per heavy atom. The highest BCUT2D eigenvalue weighted by Gasteiger charge is 2.33. The summed E-state index contributed by atoms with van der Waals surface area (Å²) >= 11 is 1.26. The van der Waals surface area contributed by atoms with Crippen molar-refractivity contribution in [2.24, 2.45) is 11.8 Å². The molecule has 6 amide bonds. The number of piperidine rings is 1. The third-order valence-corrected chi connectivity index (χ3v) is 9.38. The van der Waals surface area contributed by atoms with Gasteiger partial charge in [-0.15, -0.1) is 11.3 Å². The lowest BCUT2D eigenvalue weighted by atomic mass is 9.95. The summed E-state index contributed by atoms with van der Waals surface area (Å²) in [6.07, 6.45) is 2.52. The van der Waals surface area contributed by atoms with E-state index in [1.165, 1.54) is 27.4 Å². The quantitative estimate of drug-likeness (QED) is 0.378. The zero-order valence-corrected chi connectivity index (χ0v) is 28.4. The first-order valence-electron chi connectivity index (χ1n) is 16.1. The van der Waals surface area contributed by atoms with Gasteiger partial charge in [-0.05, 0) is 24.3 Å². The predicted octanol–water partition coefficient (Wildman–Crippen LogP) is 2.62. The normalized spacial score (nSPS) is 20.0. The predicted molar refractivity (Wildman–Crippen MR) is 177 cm³/mol. The average molecular weight is 679 g/mol. The summed E-state index contributed by atoms with van der Waals surface area (Å²) in [5.41, 5.74) is 1.12. The minimum absolute atomic E-state index is 0.0164. The molecule has 1 fully saturated rings. The fourth-order valence-electron chi connectivity index (χ4n) is 5.80. The summed E-state index contributed by atoms with van der Waals surface area (Å²) in [5.74, 6) is -1.86. The number of oxazole rings is 1. The molecular weight excluding hydrogens is 636 g/mol. The number of nitrogens with one attached hydrogen (secondary N) is 3. The van der Waals surface area contributed by atoms with Crippen LogP contribution < -0.4 is 16.0 Å². The third kappa shape index (κ3) is 8.37. The summed E-state index contributed by atoms with van der Waals surface area (Å²) in [7, 11) is 3.38. The van der Waals surface area contributed by atoms with Gasteiger partial charge in [-0.3, -0.25) is 19.2 Å². The van der Waals surface area contributed by atoms with Crippen molar-refractivity contribution in [1.29, 1.82) is 0 Å². The number of carbonyl (C=O) groups excluding carboxylic acids is 5. The highest BCUT2D eigenvalue weighted by atomic mass is 32.1. The van der Waals surface area contributed by atoms with E-state index < -0.39 is 23.9 Å². The van der Waals surface area contributed by atoms with E-state index in [0.717, 1.165) is 5.56 Å². The Bertz CT molecular complexity index is 1610. The van der Waals surface area contributed by atoms with Crippen molar-refractivity contribution in [2.45, 2.75) is 45.2 Å². The van der Waals surface area contributed by atoms with E-state index in [1.807, 2.05) is 44.2 Å². The molecule has 48 heavy (non-hydrogen) atoms. The summed E-state index contributed by atoms with van der Waals surface area (Å²) in [6, 6.07) is 8.21. The van der Waals surface area contributed by atoms with E-state index in [-0.39, 0.29) is 66.6 Å². The van der Waals surface area contributed by atoms with Crippen molar-refractivity contribution < 1.29 is 28.4 Å². The van der Waals surface area contributed by atoms with Crippen molar-refractivity contribution >= 4 is 41.0 Å². The standard InChI is InChI=1S/C33H42N8O6S/c1-20(2)27-31-37-25(19-48-31)29(44)35-23(16-21-8-6-5-7-9-21)30-36-24(18-47-30)28(43)34-12-15-41(17-26(42)38-27)32(45)22-10-13-40(14-11-22)33(46)39(3)4/h5-9,18-20,22-23,27H,10-17H2,1-4H3,(H,34,43)(H,35,44)(H,38,42)/t23-,27-/m0/s1. The van der Waals surface area contributed by atoms with Crippen LogP contribution in [0.15, 0.2) is 46.4 Å². The van der Waals surface area contributed by atoms with Gasteiger partial charge >= 0.3 is 6.03 Å². The molecule has 0 aliphatic carbocycles. The Balaban J connectivity index is 1.40. The van der Waals surface area contributed by atoms with Gasteiger partial charge in [0.05, 0.1) is 12.6 Å². The molecule has 0 saturated carbocycles. The maximum atomic E-state index is 13.8. The molecule has 2 aliphatic heterocycles. The summed E-state index contributed by atoms with van der Waals surface area (Å²) in [4.78, 5) is 79.9. The molecule has 1 saturated heterocycles. The van der Waals surface area contributed by atoms with Crippen LogP contribution in [0.4, 0.5) is 4.79 Å². The Hall–Kier alpha value is -4.79. The van der Waals surface area contributed by atoms with Gasteiger partial charge in [-0.2, -0.15) is 0 Å². The fourth-order valence-corrected chi connectivity index (χ4v) is 6.82. The maximum Gasteiger partial charge on any atom is 0.319 e. The largest absolute Gasteiger partial charge is 0.446 e. The van der Waals surface area contributed by atoms with Crippen LogP contribution in [0.5, 0.6) is 0 Å². The minimum atomic E-state index is -0.696. The van der Waals surface area contributed by atoms with Crippen molar-refractivity contribution in [2.75, 3.05) is 46.8 Å². The zero-order valence-electron chi connectivity index (χ0n) is 27.6. The number of fused-ring (bicyclic) bond motifs is 4. The van der Waals surface area contributed by atoms with Gasteiger partial charge in [-0.1, -0.05) is 44.2 Å². The van der Waals surface area contributed by atoms with Crippen LogP contribution in [0.2, 0.25) is 0 Å². The monoisotopic (exact) mass is 678 g/mol. The number of hydrogen-bond donors (Lipinski definition) is 3. The second-order valence-electron chi connectivity index (χ2n) is 12.6. The molecule has 3 N–H and O–H groups in total.